The summed E-state index contributed by atoms with van der Waals surface area (Å²) in [6.45, 7) is 0. The molecule has 0 atom stereocenters. The van der Waals surface area contributed by atoms with Crippen LogP contribution in [0.5, 0.6) is 17.4 Å². The summed E-state index contributed by atoms with van der Waals surface area (Å²) in [4.78, 5) is 6.72. The Balaban J connectivity index is 1.70. The van der Waals surface area contributed by atoms with Crippen LogP contribution in [-0.2, 0) is 0 Å². The largest absolute Gasteiger partial charge is 0.436 e. The molecule has 5 nitrogen and oxygen atoms in total. The topological polar surface area (TPSA) is 49.2 Å². The van der Waals surface area contributed by atoms with Gasteiger partial charge in [-0.1, -0.05) is 46.3 Å². The number of ether oxygens (including phenoxy) is 1. The quantitative estimate of drug-likeness (QED) is 0.717. The Labute approximate surface area is 110 Å². The second-order valence-electron chi connectivity index (χ2n) is 3.78. The van der Waals surface area contributed by atoms with Crippen molar-refractivity contribution in [2.75, 3.05) is 0 Å². The normalized spacial score (nSPS) is 10.1. The van der Waals surface area contributed by atoms with Crippen LogP contribution in [0.4, 0.5) is 0 Å². The van der Waals surface area contributed by atoms with E-state index in [2.05, 4.69) is 10.3 Å². The number of hydrogen-bond acceptors (Lipinski definition) is 4. The predicted molar refractivity (Wildman–Crippen MR) is 69.0 cm³/mol. The van der Waals surface area contributed by atoms with Crippen LogP contribution in [-0.4, -0.2) is 15.2 Å². The van der Waals surface area contributed by atoms with Gasteiger partial charge in [-0.2, -0.15) is 0 Å². The Morgan fingerprint density at radius 1 is 0.789 bits per heavy atom. The van der Waals surface area contributed by atoms with Gasteiger partial charge < -0.3 is 9.57 Å². The van der Waals surface area contributed by atoms with E-state index in [1.807, 2.05) is 60.7 Å². The molecule has 0 radical (unpaired) electrons. The fraction of sp³-hybridized carbons (Fsp3) is 0. The molecule has 0 unspecified atom stereocenters. The third kappa shape index (κ3) is 2.90. The summed E-state index contributed by atoms with van der Waals surface area (Å²) in [7, 11) is 0. The highest BCUT2D eigenvalue weighted by Crippen LogP contribution is 2.18. The van der Waals surface area contributed by atoms with E-state index < -0.39 is 0 Å². The highest BCUT2D eigenvalue weighted by atomic mass is 16.7. The summed E-state index contributed by atoms with van der Waals surface area (Å²) < 4.78 is 5.52. The average molecular weight is 253 g/mol. The standard InChI is InChI=1S/C14H11N3O2/c1-3-7-12(8-4-1)18-14-11-17(16-15-14)19-13-9-5-2-6-10-13/h1-11H. The first-order chi connectivity index (χ1) is 9.40. The molecule has 2 aromatic carbocycles. The Hall–Kier alpha value is -2.82. The van der Waals surface area contributed by atoms with Crippen molar-refractivity contribution in [1.82, 2.24) is 15.2 Å². The number of benzene rings is 2. The molecule has 5 heteroatoms. The lowest BCUT2D eigenvalue weighted by Crippen LogP contribution is -2.05. The first kappa shape index (κ1) is 11.3. The summed E-state index contributed by atoms with van der Waals surface area (Å²) >= 11 is 0. The van der Waals surface area contributed by atoms with Gasteiger partial charge in [0, 0.05) is 0 Å². The van der Waals surface area contributed by atoms with Gasteiger partial charge in [-0.3, -0.25) is 0 Å². The second kappa shape index (κ2) is 5.22. The van der Waals surface area contributed by atoms with Crippen molar-refractivity contribution < 1.29 is 9.57 Å². The molecule has 0 aliphatic carbocycles. The maximum atomic E-state index is 5.52. The van der Waals surface area contributed by atoms with E-state index in [1.165, 1.54) is 4.85 Å². The van der Waals surface area contributed by atoms with Gasteiger partial charge in [0.2, 0.25) is 0 Å². The van der Waals surface area contributed by atoms with Crippen molar-refractivity contribution in [3.63, 3.8) is 0 Å². The van der Waals surface area contributed by atoms with Crippen molar-refractivity contribution in [2.45, 2.75) is 0 Å². The summed E-state index contributed by atoms with van der Waals surface area (Å²) in [6, 6.07) is 18.7. The summed E-state index contributed by atoms with van der Waals surface area (Å²) in [5.74, 6) is 1.76. The van der Waals surface area contributed by atoms with Crippen LogP contribution in [0, 0.1) is 0 Å². The first-order valence-corrected chi connectivity index (χ1v) is 5.79. The monoisotopic (exact) mass is 253 g/mol. The fourth-order valence-corrected chi connectivity index (χ4v) is 1.52. The molecular weight excluding hydrogens is 242 g/mol. The Morgan fingerprint density at radius 2 is 1.42 bits per heavy atom. The smallest absolute Gasteiger partial charge is 0.262 e. The lowest BCUT2D eigenvalue weighted by Gasteiger charge is -2.01. The highest BCUT2D eigenvalue weighted by Gasteiger charge is 2.04. The highest BCUT2D eigenvalue weighted by molar-refractivity contribution is 5.25. The summed E-state index contributed by atoms with van der Waals surface area (Å²) in [5.41, 5.74) is 0. The zero-order chi connectivity index (χ0) is 12.9. The summed E-state index contributed by atoms with van der Waals surface area (Å²) in [6.07, 6.45) is 1.57. The van der Waals surface area contributed by atoms with Gasteiger partial charge in [0.25, 0.3) is 5.88 Å². The van der Waals surface area contributed by atoms with Crippen molar-refractivity contribution in [3.8, 4) is 17.4 Å². The van der Waals surface area contributed by atoms with E-state index in [0.29, 0.717) is 17.4 Å². The third-order valence-electron chi connectivity index (χ3n) is 2.36. The minimum atomic E-state index is 0.377. The van der Waals surface area contributed by atoms with Crippen molar-refractivity contribution in [3.05, 3.63) is 66.9 Å². The first-order valence-electron chi connectivity index (χ1n) is 5.79. The van der Waals surface area contributed by atoms with Crippen LogP contribution in [0.3, 0.4) is 0 Å². The molecule has 0 saturated carbocycles. The molecule has 0 N–H and O–H groups in total. The van der Waals surface area contributed by atoms with Crippen LogP contribution < -0.4 is 9.57 Å². The number of nitrogens with zero attached hydrogens (tertiary/aromatic N) is 3. The zero-order valence-corrected chi connectivity index (χ0v) is 10.0. The molecule has 0 amide bonds. The molecule has 0 aliphatic rings. The van der Waals surface area contributed by atoms with Gasteiger partial charge in [0.05, 0.1) is 0 Å². The van der Waals surface area contributed by atoms with Crippen molar-refractivity contribution in [2.24, 2.45) is 0 Å². The molecule has 94 valence electrons. The Morgan fingerprint density at radius 3 is 2.11 bits per heavy atom. The minimum Gasteiger partial charge on any atom is -0.436 e. The second-order valence-corrected chi connectivity index (χ2v) is 3.78. The van der Waals surface area contributed by atoms with Crippen LogP contribution in [0.1, 0.15) is 0 Å². The fourth-order valence-electron chi connectivity index (χ4n) is 1.52. The van der Waals surface area contributed by atoms with E-state index in [9.17, 15) is 0 Å². The van der Waals surface area contributed by atoms with Gasteiger partial charge in [-0.25, -0.2) is 0 Å². The van der Waals surface area contributed by atoms with Gasteiger partial charge >= 0.3 is 0 Å². The Kier molecular flexibility index (Phi) is 3.10. The van der Waals surface area contributed by atoms with E-state index in [0.717, 1.165) is 0 Å². The lowest BCUT2D eigenvalue weighted by atomic mass is 10.3. The van der Waals surface area contributed by atoms with Gasteiger partial charge in [0.1, 0.15) is 11.9 Å². The molecular formula is C14H11N3O2. The molecule has 0 fully saturated rings. The van der Waals surface area contributed by atoms with Crippen LogP contribution in [0.2, 0.25) is 0 Å². The molecule has 0 spiro atoms. The molecule has 3 rings (SSSR count). The van der Waals surface area contributed by atoms with Crippen molar-refractivity contribution >= 4 is 0 Å². The molecule has 3 aromatic rings. The SMILES string of the molecule is c1ccc(Oc2cn(Oc3ccccc3)nn2)cc1. The average Bonchev–Trinajstić information content (AvgIpc) is 2.88. The van der Waals surface area contributed by atoms with Crippen LogP contribution in [0.15, 0.2) is 66.9 Å². The van der Waals surface area contributed by atoms with E-state index in [4.69, 9.17) is 9.57 Å². The maximum Gasteiger partial charge on any atom is 0.262 e. The van der Waals surface area contributed by atoms with E-state index in [1.54, 1.807) is 6.20 Å². The van der Waals surface area contributed by atoms with Crippen LogP contribution >= 0.6 is 0 Å². The van der Waals surface area contributed by atoms with Crippen molar-refractivity contribution in [1.29, 1.82) is 0 Å². The van der Waals surface area contributed by atoms with Gasteiger partial charge in [0.15, 0.2) is 5.75 Å². The minimum absolute atomic E-state index is 0.377. The summed E-state index contributed by atoms with van der Waals surface area (Å²) in [5, 5.41) is 7.70. The molecule has 19 heavy (non-hydrogen) atoms. The number of para-hydroxylation sites is 2. The Bertz CT molecular complexity index is 582. The lowest BCUT2D eigenvalue weighted by molar-refractivity contribution is 0.172. The van der Waals surface area contributed by atoms with Gasteiger partial charge in [-0.05, 0) is 29.5 Å². The molecule has 1 aromatic heterocycles. The van der Waals surface area contributed by atoms with Crippen LogP contribution in [0.25, 0.3) is 0 Å². The molecule has 0 bridgehead atoms. The van der Waals surface area contributed by atoms with E-state index >= 15 is 0 Å². The maximum absolute atomic E-state index is 5.52. The predicted octanol–water partition coefficient (Wildman–Crippen LogP) is 2.91. The molecule has 0 aliphatic heterocycles. The zero-order valence-electron chi connectivity index (χ0n) is 10.0. The molecule has 0 saturated heterocycles. The number of rotatable bonds is 4. The van der Waals surface area contributed by atoms with E-state index in [-0.39, 0.29) is 0 Å². The third-order valence-corrected chi connectivity index (χ3v) is 2.36. The molecule has 1 heterocycles. The van der Waals surface area contributed by atoms with Gasteiger partial charge in [-0.15, -0.1) is 0 Å². The number of aromatic nitrogens is 3. The number of hydrogen-bond donors (Lipinski definition) is 0.